The van der Waals surface area contributed by atoms with Crippen LogP contribution in [0, 0.1) is 0 Å². The van der Waals surface area contributed by atoms with Crippen LogP contribution in [-0.2, 0) is 9.59 Å². The molecule has 3 amide bonds. The maximum Gasteiger partial charge on any atom is 0.294 e. The zero-order valence-corrected chi connectivity index (χ0v) is 18.0. The van der Waals surface area contributed by atoms with Crippen molar-refractivity contribution in [3.63, 3.8) is 0 Å². The Balaban J connectivity index is 1.56. The summed E-state index contributed by atoms with van der Waals surface area (Å²) >= 11 is 6.85. The topological polar surface area (TPSA) is 75.7 Å². The second-order valence-electron chi connectivity index (χ2n) is 6.70. The minimum absolute atomic E-state index is 0.255. The van der Waals surface area contributed by atoms with Gasteiger partial charge in [-0.3, -0.25) is 19.3 Å². The normalized spacial score (nSPS) is 15.0. The van der Waals surface area contributed by atoms with Crippen molar-refractivity contribution in [1.82, 2.24) is 4.90 Å². The molecule has 0 aliphatic carbocycles. The van der Waals surface area contributed by atoms with Gasteiger partial charge in [0.25, 0.3) is 11.1 Å². The lowest BCUT2D eigenvalue weighted by Crippen LogP contribution is -2.36. The Kier molecular flexibility index (Phi) is 5.97. The highest BCUT2D eigenvalue weighted by Crippen LogP contribution is 2.35. The second-order valence-corrected chi connectivity index (χ2v) is 8.10. The fourth-order valence-corrected chi connectivity index (χ4v) is 4.28. The molecule has 1 heterocycles. The summed E-state index contributed by atoms with van der Waals surface area (Å²) in [6, 6.07) is 18.0. The first kappa shape index (κ1) is 21.0. The molecule has 3 aromatic rings. The number of carbonyl (C=O) groups is 3. The van der Waals surface area contributed by atoms with Gasteiger partial charge in [0.1, 0.15) is 12.3 Å². The molecule has 1 N–H and O–H groups in total. The third-order valence-electron chi connectivity index (χ3n) is 4.75. The number of rotatable bonds is 5. The zero-order chi connectivity index (χ0) is 22.0. The van der Waals surface area contributed by atoms with E-state index in [1.807, 2.05) is 36.4 Å². The van der Waals surface area contributed by atoms with Gasteiger partial charge in [-0.25, -0.2) is 0 Å². The molecule has 1 aliphatic rings. The summed E-state index contributed by atoms with van der Waals surface area (Å²) in [6.07, 6.45) is 1.67. The van der Waals surface area contributed by atoms with E-state index in [1.165, 1.54) is 0 Å². The highest BCUT2D eigenvalue weighted by molar-refractivity contribution is 8.18. The maximum atomic E-state index is 12.8. The van der Waals surface area contributed by atoms with Crippen LogP contribution in [0.15, 0.2) is 65.6 Å². The van der Waals surface area contributed by atoms with E-state index in [2.05, 4.69) is 5.32 Å². The third-order valence-corrected chi connectivity index (χ3v) is 5.98. The Morgan fingerprint density at radius 1 is 1.06 bits per heavy atom. The average Bonchev–Trinajstić information content (AvgIpc) is 3.03. The molecule has 0 unspecified atom stereocenters. The molecule has 0 spiro atoms. The zero-order valence-electron chi connectivity index (χ0n) is 16.4. The summed E-state index contributed by atoms with van der Waals surface area (Å²) in [5, 5.41) is 4.29. The molecule has 1 aliphatic heterocycles. The first-order valence-electron chi connectivity index (χ1n) is 9.33. The molecule has 8 heteroatoms. The van der Waals surface area contributed by atoms with Crippen LogP contribution in [-0.4, -0.2) is 35.6 Å². The Bertz CT molecular complexity index is 1240. The Labute approximate surface area is 187 Å². The van der Waals surface area contributed by atoms with Crippen LogP contribution < -0.4 is 10.1 Å². The summed E-state index contributed by atoms with van der Waals surface area (Å²) in [6.45, 7) is -0.392. The molecule has 0 radical (unpaired) electrons. The minimum Gasteiger partial charge on any atom is -0.496 e. The number of nitrogens with zero attached hydrogens (tertiary/aromatic N) is 1. The van der Waals surface area contributed by atoms with Crippen LogP contribution in [0.5, 0.6) is 5.75 Å². The monoisotopic (exact) mass is 452 g/mol. The molecule has 0 aromatic heterocycles. The van der Waals surface area contributed by atoms with Crippen LogP contribution in [0.4, 0.5) is 10.5 Å². The van der Waals surface area contributed by atoms with Crippen molar-refractivity contribution in [3.8, 4) is 5.75 Å². The number of amides is 3. The lowest BCUT2D eigenvalue weighted by atomic mass is 10.0. The van der Waals surface area contributed by atoms with Crippen LogP contribution in [0.25, 0.3) is 16.8 Å². The van der Waals surface area contributed by atoms with E-state index in [-0.39, 0.29) is 4.91 Å². The van der Waals surface area contributed by atoms with Gasteiger partial charge in [-0.05, 0) is 47.0 Å². The maximum absolute atomic E-state index is 12.8. The first-order valence-corrected chi connectivity index (χ1v) is 10.5. The lowest BCUT2D eigenvalue weighted by Gasteiger charge is -2.13. The number of hydrogen-bond donors (Lipinski definition) is 1. The standard InChI is InChI=1S/C23H17ClN2O4S/c1-30-19-11-10-14(15-6-2-3-7-16(15)19)12-20-22(28)26(23(29)31-20)13-21(27)25-18-9-5-4-8-17(18)24/h2-12H,13H2,1H3,(H,25,27)/b20-12+. The number of halogens is 1. The number of anilines is 1. The fraction of sp³-hybridized carbons (Fsp3) is 0.0870. The predicted molar refractivity (Wildman–Crippen MR) is 123 cm³/mol. The molecule has 0 saturated carbocycles. The molecular formula is C23H17ClN2O4S. The quantitative estimate of drug-likeness (QED) is 0.540. The lowest BCUT2D eigenvalue weighted by molar-refractivity contribution is -0.127. The van der Waals surface area contributed by atoms with Gasteiger partial charge in [-0.2, -0.15) is 0 Å². The van der Waals surface area contributed by atoms with Crippen molar-refractivity contribution in [2.24, 2.45) is 0 Å². The largest absolute Gasteiger partial charge is 0.496 e. The summed E-state index contributed by atoms with van der Waals surface area (Å²) in [5.41, 5.74) is 1.20. The number of nitrogens with one attached hydrogen (secondary N) is 1. The van der Waals surface area contributed by atoms with E-state index in [4.69, 9.17) is 16.3 Å². The van der Waals surface area contributed by atoms with E-state index in [0.29, 0.717) is 10.7 Å². The number of methoxy groups -OCH3 is 1. The number of para-hydroxylation sites is 1. The van der Waals surface area contributed by atoms with Crippen molar-refractivity contribution in [2.45, 2.75) is 0 Å². The van der Waals surface area contributed by atoms with Crippen LogP contribution in [0.2, 0.25) is 5.02 Å². The Morgan fingerprint density at radius 3 is 2.52 bits per heavy atom. The second kappa shape index (κ2) is 8.83. The van der Waals surface area contributed by atoms with E-state index < -0.39 is 23.6 Å². The molecular weight excluding hydrogens is 436 g/mol. The van der Waals surface area contributed by atoms with E-state index in [1.54, 1.807) is 37.5 Å². The van der Waals surface area contributed by atoms with Gasteiger partial charge in [0.2, 0.25) is 5.91 Å². The van der Waals surface area contributed by atoms with Gasteiger partial charge in [0, 0.05) is 5.39 Å². The number of thioether (sulfide) groups is 1. The predicted octanol–water partition coefficient (Wildman–Crippen LogP) is 5.18. The van der Waals surface area contributed by atoms with Crippen LogP contribution >= 0.6 is 23.4 Å². The van der Waals surface area contributed by atoms with Crippen molar-refractivity contribution in [2.75, 3.05) is 19.0 Å². The van der Waals surface area contributed by atoms with Crippen molar-refractivity contribution in [1.29, 1.82) is 0 Å². The van der Waals surface area contributed by atoms with E-state index in [0.717, 1.165) is 38.7 Å². The summed E-state index contributed by atoms with van der Waals surface area (Å²) in [4.78, 5) is 38.8. The Morgan fingerprint density at radius 2 is 1.77 bits per heavy atom. The summed E-state index contributed by atoms with van der Waals surface area (Å²) < 4.78 is 5.40. The van der Waals surface area contributed by atoms with E-state index in [9.17, 15) is 14.4 Å². The highest BCUT2D eigenvalue weighted by atomic mass is 35.5. The number of hydrogen-bond acceptors (Lipinski definition) is 5. The molecule has 1 saturated heterocycles. The van der Waals surface area contributed by atoms with E-state index >= 15 is 0 Å². The molecule has 6 nitrogen and oxygen atoms in total. The minimum atomic E-state index is -0.510. The van der Waals surface area contributed by atoms with Crippen molar-refractivity contribution >= 4 is 63.0 Å². The van der Waals surface area contributed by atoms with Gasteiger partial charge in [0.15, 0.2) is 0 Å². The number of benzene rings is 3. The van der Waals surface area contributed by atoms with Crippen LogP contribution in [0.1, 0.15) is 5.56 Å². The number of ether oxygens (including phenoxy) is 1. The molecule has 156 valence electrons. The number of imide groups is 1. The molecule has 1 fully saturated rings. The van der Waals surface area contributed by atoms with Gasteiger partial charge >= 0.3 is 0 Å². The first-order chi connectivity index (χ1) is 15.0. The van der Waals surface area contributed by atoms with Gasteiger partial charge in [0.05, 0.1) is 22.7 Å². The summed E-state index contributed by atoms with van der Waals surface area (Å²) in [7, 11) is 1.60. The molecule has 3 aromatic carbocycles. The molecule has 0 atom stereocenters. The fourth-order valence-electron chi connectivity index (χ4n) is 3.27. The Hall–Kier alpha value is -3.29. The number of carbonyl (C=O) groups excluding carboxylic acids is 3. The van der Waals surface area contributed by atoms with Crippen molar-refractivity contribution in [3.05, 3.63) is 76.2 Å². The van der Waals surface area contributed by atoms with Gasteiger partial charge in [-0.15, -0.1) is 0 Å². The third kappa shape index (κ3) is 4.28. The van der Waals surface area contributed by atoms with Crippen molar-refractivity contribution < 1.29 is 19.1 Å². The molecule has 0 bridgehead atoms. The summed E-state index contributed by atoms with van der Waals surface area (Å²) in [5.74, 6) is -0.298. The number of fused-ring (bicyclic) bond motifs is 1. The van der Waals surface area contributed by atoms with Gasteiger partial charge in [-0.1, -0.05) is 54.1 Å². The van der Waals surface area contributed by atoms with Crippen LogP contribution in [0.3, 0.4) is 0 Å². The average molecular weight is 453 g/mol. The molecule has 31 heavy (non-hydrogen) atoms. The smallest absolute Gasteiger partial charge is 0.294 e. The SMILES string of the molecule is COc1ccc(/C=C2/SC(=O)N(CC(=O)Nc3ccccc3Cl)C2=O)c2ccccc12. The highest BCUT2D eigenvalue weighted by Gasteiger charge is 2.36. The van der Waals surface area contributed by atoms with Gasteiger partial charge < -0.3 is 10.1 Å². The molecule has 4 rings (SSSR count).